The molecule has 1 atom stereocenters. The number of ether oxygens (including phenoxy) is 2. The first-order valence-electron chi connectivity index (χ1n) is 13.3. The van der Waals surface area contributed by atoms with E-state index in [9.17, 15) is 14.4 Å². The number of rotatable bonds is 8. The van der Waals surface area contributed by atoms with E-state index in [1.54, 1.807) is 36.4 Å². The van der Waals surface area contributed by atoms with Crippen molar-refractivity contribution in [2.24, 2.45) is 0 Å². The van der Waals surface area contributed by atoms with E-state index in [0.29, 0.717) is 24.5 Å². The Morgan fingerprint density at radius 2 is 1.74 bits per heavy atom. The lowest BCUT2D eigenvalue weighted by Gasteiger charge is -2.33. The second kappa shape index (κ2) is 12.2. The number of carbonyl (C=O) groups excluding carboxylic acids is 3. The number of benzene rings is 2. The van der Waals surface area contributed by atoms with E-state index in [1.807, 2.05) is 24.3 Å². The van der Waals surface area contributed by atoms with Gasteiger partial charge in [-0.2, -0.15) is 0 Å². The Morgan fingerprint density at radius 3 is 2.41 bits per heavy atom. The molecule has 0 unspecified atom stereocenters. The van der Waals surface area contributed by atoms with Crippen molar-refractivity contribution in [2.45, 2.75) is 37.8 Å². The molecule has 204 valence electrons. The number of methoxy groups -OCH3 is 1. The number of nitrogens with one attached hydrogen (secondary N) is 1. The number of furan rings is 1. The van der Waals surface area contributed by atoms with Gasteiger partial charge >= 0.3 is 5.97 Å². The van der Waals surface area contributed by atoms with Crippen molar-refractivity contribution in [3.8, 4) is 0 Å². The first kappa shape index (κ1) is 26.5. The minimum atomic E-state index is -1.00. The summed E-state index contributed by atoms with van der Waals surface area (Å²) in [7, 11) is 1.30. The third kappa shape index (κ3) is 5.98. The highest BCUT2D eigenvalue weighted by Gasteiger charge is 2.36. The van der Waals surface area contributed by atoms with Gasteiger partial charge in [-0.15, -0.1) is 0 Å². The van der Waals surface area contributed by atoms with Crippen molar-refractivity contribution in [3.63, 3.8) is 0 Å². The van der Waals surface area contributed by atoms with Crippen molar-refractivity contribution in [1.82, 2.24) is 5.32 Å². The maximum atomic E-state index is 14.0. The molecule has 1 saturated heterocycles. The van der Waals surface area contributed by atoms with Crippen LogP contribution in [0, 0.1) is 0 Å². The Balaban J connectivity index is 1.57. The van der Waals surface area contributed by atoms with Crippen LogP contribution in [-0.4, -0.2) is 57.2 Å². The average Bonchev–Trinajstić information content (AvgIpc) is 3.71. The number of carbonyl (C=O) groups is 3. The molecule has 2 aromatic carbocycles. The van der Waals surface area contributed by atoms with Gasteiger partial charge < -0.3 is 24.1 Å². The number of amides is 2. The van der Waals surface area contributed by atoms with Crippen LogP contribution in [0.3, 0.4) is 0 Å². The van der Waals surface area contributed by atoms with Crippen molar-refractivity contribution in [1.29, 1.82) is 0 Å². The molecule has 0 radical (unpaired) electrons. The van der Waals surface area contributed by atoms with Crippen molar-refractivity contribution in [2.75, 3.05) is 43.2 Å². The first-order chi connectivity index (χ1) is 19.0. The summed E-state index contributed by atoms with van der Waals surface area (Å²) >= 11 is 0. The Morgan fingerprint density at radius 1 is 1.00 bits per heavy atom. The van der Waals surface area contributed by atoms with Crippen molar-refractivity contribution < 1.29 is 28.3 Å². The molecule has 1 aliphatic carbocycles. The minimum absolute atomic E-state index is 0.0505. The predicted octanol–water partition coefficient (Wildman–Crippen LogP) is 4.35. The minimum Gasteiger partial charge on any atom is -0.465 e. The molecule has 0 bridgehead atoms. The van der Waals surface area contributed by atoms with Crippen molar-refractivity contribution >= 4 is 29.2 Å². The number of anilines is 2. The number of hydrogen-bond acceptors (Lipinski definition) is 7. The molecule has 9 nitrogen and oxygen atoms in total. The highest BCUT2D eigenvalue weighted by atomic mass is 16.5. The lowest BCUT2D eigenvalue weighted by molar-refractivity contribution is -0.123. The van der Waals surface area contributed by atoms with E-state index < -0.39 is 17.9 Å². The molecule has 5 rings (SSSR count). The van der Waals surface area contributed by atoms with Gasteiger partial charge in [0, 0.05) is 30.5 Å². The van der Waals surface area contributed by atoms with Crippen LogP contribution >= 0.6 is 0 Å². The zero-order chi connectivity index (χ0) is 27.2. The fourth-order valence-electron chi connectivity index (χ4n) is 5.26. The summed E-state index contributed by atoms with van der Waals surface area (Å²) in [5, 5.41) is 3.17. The molecule has 2 heterocycles. The van der Waals surface area contributed by atoms with Crippen LogP contribution in [0.5, 0.6) is 0 Å². The summed E-state index contributed by atoms with van der Waals surface area (Å²) in [6.45, 7) is 2.90. The fourth-order valence-corrected chi connectivity index (χ4v) is 5.26. The molecule has 9 heteroatoms. The fraction of sp³-hybridized carbons (Fsp3) is 0.367. The smallest absolute Gasteiger partial charge is 0.337 e. The monoisotopic (exact) mass is 531 g/mol. The molecule has 0 spiro atoms. The van der Waals surface area contributed by atoms with E-state index in [-0.39, 0.29) is 23.3 Å². The maximum Gasteiger partial charge on any atom is 0.337 e. The SMILES string of the molecule is COC(=O)c1cccc(N(C(=O)c2ccco2)[C@H](C(=O)NC2CCCC2)c2ccc(N3CCOCC3)cc2)c1. The van der Waals surface area contributed by atoms with Gasteiger partial charge in [0.2, 0.25) is 5.91 Å². The maximum absolute atomic E-state index is 14.0. The van der Waals surface area contributed by atoms with Crippen LogP contribution in [-0.2, 0) is 14.3 Å². The summed E-state index contributed by atoms with van der Waals surface area (Å²) in [6, 6.07) is 16.5. The number of nitrogens with zero attached hydrogens (tertiary/aromatic N) is 2. The molecule has 2 amide bonds. The largest absolute Gasteiger partial charge is 0.465 e. The topological polar surface area (TPSA) is 101 Å². The number of morpholine rings is 1. The van der Waals surface area contributed by atoms with Gasteiger partial charge in [-0.3, -0.25) is 14.5 Å². The van der Waals surface area contributed by atoms with Crippen LogP contribution in [0.4, 0.5) is 11.4 Å². The predicted molar refractivity (Wildman–Crippen MR) is 146 cm³/mol. The van der Waals surface area contributed by atoms with Gasteiger partial charge in [0.15, 0.2) is 5.76 Å². The summed E-state index contributed by atoms with van der Waals surface area (Å²) < 4.78 is 15.8. The van der Waals surface area contributed by atoms with Gasteiger partial charge in [-0.25, -0.2) is 4.79 Å². The van der Waals surface area contributed by atoms with Gasteiger partial charge in [0.1, 0.15) is 6.04 Å². The zero-order valence-electron chi connectivity index (χ0n) is 22.0. The second-order valence-corrected chi connectivity index (χ2v) is 9.78. The molecule has 2 fully saturated rings. The molecule has 2 aliphatic rings. The lowest BCUT2D eigenvalue weighted by Crippen LogP contribution is -2.46. The van der Waals surface area contributed by atoms with Crippen LogP contribution in [0.2, 0.25) is 0 Å². The van der Waals surface area contributed by atoms with Crippen LogP contribution in [0.15, 0.2) is 71.3 Å². The normalized spacial score (nSPS) is 16.5. The van der Waals surface area contributed by atoms with Crippen LogP contribution in [0.25, 0.3) is 0 Å². The second-order valence-electron chi connectivity index (χ2n) is 9.78. The Bertz CT molecular complexity index is 1280. The third-order valence-electron chi connectivity index (χ3n) is 7.29. The van der Waals surface area contributed by atoms with E-state index in [0.717, 1.165) is 44.5 Å². The molecule has 1 aliphatic heterocycles. The quantitative estimate of drug-likeness (QED) is 0.431. The number of hydrogen-bond donors (Lipinski definition) is 1. The Hall–Kier alpha value is -4.11. The molecular formula is C30H33N3O6. The van der Waals surface area contributed by atoms with Crippen LogP contribution < -0.4 is 15.1 Å². The van der Waals surface area contributed by atoms with Gasteiger partial charge in [-0.05, 0) is 60.9 Å². The summed E-state index contributed by atoms with van der Waals surface area (Å²) in [6.07, 6.45) is 5.33. The van der Waals surface area contributed by atoms with Gasteiger partial charge in [-0.1, -0.05) is 31.0 Å². The highest BCUT2D eigenvalue weighted by molar-refractivity contribution is 6.09. The van der Waals surface area contributed by atoms with E-state index in [4.69, 9.17) is 13.9 Å². The standard InChI is InChI=1S/C30H33N3O6/c1-37-30(36)22-6-4-9-25(20-22)33(29(35)26-10-5-17-39-26)27(28(34)31-23-7-2-3-8-23)21-11-13-24(14-12-21)32-15-18-38-19-16-32/h4-6,9-14,17,20,23,27H,2-3,7-8,15-16,18-19H2,1H3,(H,31,34)/t27-/m0/s1. The Kier molecular flexibility index (Phi) is 8.27. The van der Waals surface area contributed by atoms with E-state index in [2.05, 4.69) is 10.2 Å². The van der Waals surface area contributed by atoms with Crippen molar-refractivity contribution in [3.05, 3.63) is 83.8 Å². The van der Waals surface area contributed by atoms with E-state index in [1.165, 1.54) is 18.3 Å². The summed E-state index contributed by atoms with van der Waals surface area (Å²) in [5.41, 5.74) is 2.31. The molecule has 3 aromatic rings. The molecule has 1 aromatic heterocycles. The molecule has 1 N–H and O–H groups in total. The molecule has 1 saturated carbocycles. The molecular weight excluding hydrogens is 498 g/mol. The average molecular weight is 532 g/mol. The highest BCUT2D eigenvalue weighted by Crippen LogP contribution is 2.33. The Labute approximate surface area is 227 Å². The van der Waals surface area contributed by atoms with Gasteiger partial charge in [0.25, 0.3) is 5.91 Å². The first-order valence-corrected chi connectivity index (χ1v) is 13.3. The van der Waals surface area contributed by atoms with E-state index >= 15 is 0 Å². The zero-order valence-corrected chi connectivity index (χ0v) is 22.0. The summed E-state index contributed by atoms with van der Waals surface area (Å²) in [5.74, 6) is -1.23. The number of esters is 1. The van der Waals surface area contributed by atoms with Gasteiger partial charge in [0.05, 0.1) is 32.2 Å². The van der Waals surface area contributed by atoms with Crippen LogP contribution in [0.1, 0.15) is 58.2 Å². The lowest BCUT2D eigenvalue weighted by atomic mass is 10.0. The third-order valence-corrected chi connectivity index (χ3v) is 7.29. The summed E-state index contributed by atoms with van der Waals surface area (Å²) in [4.78, 5) is 43.9. The molecule has 39 heavy (non-hydrogen) atoms.